The molecule has 21 heavy (non-hydrogen) atoms. The van der Waals surface area contributed by atoms with Crippen LogP contribution in [0.15, 0.2) is 0 Å². The molecule has 0 rings (SSSR count). The van der Waals surface area contributed by atoms with Gasteiger partial charge in [-0.15, -0.1) is 0 Å². The lowest BCUT2D eigenvalue weighted by Gasteiger charge is -2.12. The van der Waals surface area contributed by atoms with Crippen molar-refractivity contribution in [2.45, 2.75) is 89.6 Å². The van der Waals surface area contributed by atoms with Gasteiger partial charge in [0.1, 0.15) is 6.66 Å². The van der Waals surface area contributed by atoms with Crippen LogP contribution in [0.5, 0.6) is 0 Å². The van der Waals surface area contributed by atoms with Crippen LogP contribution in [0.25, 0.3) is 0 Å². The lowest BCUT2D eigenvalue weighted by molar-refractivity contribution is 0.180. The fraction of sp³-hybridized carbons (Fsp3) is 1.00. The molecule has 0 aromatic heterocycles. The van der Waals surface area contributed by atoms with Crippen molar-refractivity contribution in [3.63, 3.8) is 0 Å². The molecule has 5 unspecified atom stereocenters. The molecule has 0 heterocycles. The van der Waals surface area contributed by atoms with Crippen LogP contribution >= 0.6 is 16.8 Å². The second-order valence-corrected chi connectivity index (χ2v) is 6.51. The Hall–Kier alpha value is 0.410. The first-order chi connectivity index (χ1) is 7.23. The molecular formula is C15H45O4P2+. The molecule has 0 radical (unpaired) electrons. The molecule has 0 aliphatic rings. The summed E-state index contributed by atoms with van der Waals surface area (Å²) in [4.78, 5) is 8.29. The van der Waals surface area contributed by atoms with E-state index in [2.05, 4.69) is 13.8 Å². The van der Waals surface area contributed by atoms with Gasteiger partial charge >= 0.3 is 7.80 Å². The minimum absolute atomic E-state index is 0. The maximum atomic E-state index is 10.6. The average molecular weight is 351 g/mol. The van der Waals surface area contributed by atoms with E-state index in [0.717, 1.165) is 0 Å². The number of rotatable bonds is 5. The summed E-state index contributed by atoms with van der Waals surface area (Å²) in [5.74, 6) is 0.495. The largest absolute Gasteiger partial charge is 0.389 e. The van der Waals surface area contributed by atoms with E-state index in [-0.39, 0.29) is 57.9 Å². The van der Waals surface area contributed by atoms with Crippen molar-refractivity contribution in [3.8, 4) is 0 Å². The SMILES string of the molecule is C.C.C.C.C.CC(C)C(C)OPO.CC(O)C(C)[P+](C)=O. The second-order valence-electron chi connectivity index (χ2n) is 4.19. The van der Waals surface area contributed by atoms with E-state index >= 15 is 0 Å². The first kappa shape index (κ1) is 43.0. The first-order valence-electron chi connectivity index (χ1n) is 5.36. The van der Waals surface area contributed by atoms with Crippen molar-refractivity contribution in [2.24, 2.45) is 5.92 Å². The summed E-state index contributed by atoms with van der Waals surface area (Å²) in [5.41, 5.74) is -0.0648. The summed E-state index contributed by atoms with van der Waals surface area (Å²) >= 11 is 0. The van der Waals surface area contributed by atoms with Gasteiger partial charge in [0.15, 0.2) is 14.7 Å². The highest BCUT2D eigenvalue weighted by Gasteiger charge is 2.23. The molecule has 0 fully saturated rings. The second kappa shape index (κ2) is 25.4. The van der Waals surface area contributed by atoms with Crippen LogP contribution in [0.4, 0.5) is 0 Å². The van der Waals surface area contributed by atoms with Crippen LogP contribution < -0.4 is 0 Å². The van der Waals surface area contributed by atoms with Crippen LogP contribution in [0.3, 0.4) is 0 Å². The molecule has 0 amide bonds. The van der Waals surface area contributed by atoms with E-state index in [1.165, 1.54) is 0 Å². The van der Waals surface area contributed by atoms with Gasteiger partial charge in [-0.1, -0.05) is 55.5 Å². The Balaban J connectivity index is -0.0000000302. The van der Waals surface area contributed by atoms with Crippen LogP contribution in [-0.4, -0.2) is 34.5 Å². The molecule has 6 heteroatoms. The first-order valence-corrected chi connectivity index (χ1v) is 7.99. The van der Waals surface area contributed by atoms with Crippen molar-refractivity contribution >= 4 is 16.8 Å². The van der Waals surface area contributed by atoms with E-state index in [1.54, 1.807) is 20.5 Å². The van der Waals surface area contributed by atoms with Gasteiger partial charge in [-0.05, 0) is 26.7 Å². The maximum absolute atomic E-state index is 10.6. The third-order valence-corrected chi connectivity index (χ3v) is 4.50. The molecular weight excluding hydrogens is 306 g/mol. The van der Waals surface area contributed by atoms with E-state index in [1.807, 2.05) is 6.92 Å². The molecule has 138 valence electrons. The monoisotopic (exact) mass is 351 g/mol. The lowest BCUT2D eigenvalue weighted by Crippen LogP contribution is -2.14. The number of aliphatic hydroxyl groups excluding tert-OH is 1. The predicted molar refractivity (Wildman–Crippen MR) is 104 cm³/mol. The van der Waals surface area contributed by atoms with Gasteiger partial charge in [0, 0.05) is 0 Å². The number of hydrogen-bond donors (Lipinski definition) is 2. The van der Waals surface area contributed by atoms with Gasteiger partial charge in [-0.3, -0.25) is 0 Å². The fourth-order valence-electron chi connectivity index (χ4n) is 0.523. The van der Waals surface area contributed by atoms with Crippen LogP contribution in [0.1, 0.15) is 71.8 Å². The van der Waals surface area contributed by atoms with E-state index in [0.29, 0.717) is 5.92 Å². The summed E-state index contributed by atoms with van der Waals surface area (Å²) in [5, 5.41) is 8.81. The van der Waals surface area contributed by atoms with E-state index in [4.69, 9.17) is 14.5 Å². The van der Waals surface area contributed by atoms with Crippen LogP contribution in [0, 0.1) is 5.92 Å². The third kappa shape index (κ3) is 29.1. The van der Waals surface area contributed by atoms with Gasteiger partial charge in [0.25, 0.3) is 0 Å². The molecule has 0 bridgehead atoms. The Morgan fingerprint density at radius 3 is 1.33 bits per heavy atom. The van der Waals surface area contributed by atoms with Crippen LogP contribution in [-0.2, 0) is 9.09 Å². The highest BCUT2D eigenvalue weighted by Crippen LogP contribution is 2.24. The van der Waals surface area contributed by atoms with E-state index in [9.17, 15) is 4.57 Å². The van der Waals surface area contributed by atoms with Crippen molar-refractivity contribution in [1.29, 1.82) is 0 Å². The molecule has 0 saturated carbocycles. The Kier molecular flexibility index (Phi) is 51.9. The van der Waals surface area contributed by atoms with Gasteiger partial charge in [0.05, 0.1) is 12.2 Å². The summed E-state index contributed by atoms with van der Waals surface area (Å²) in [7, 11) is -1.57. The predicted octanol–water partition coefficient (Wildman–Crippen LogP) is 5.94. The van der Waals surface area contributed by atoms with Gasteiger partial charge < -0.3 is 14.5 Å². The van der Waals surface area contributed by atoms with E-state index < -0.39 is 13.9 Å². The highest BCUT2D eigenvalue weighted by atomic mass is 31.1. The molecule has 0 spiro atoms. The standard InChI is InChI=1S/C5H12O2P.C5H13O2P.5CH4/c1-4(6)5(2)8(3)7;1-4(2)5(3)7-8-6;;;;;/h4-6H,1-3H3;4-6,8H,1-3H3;5*1H4/q+1;;;;;;. The van der Waals surface area contributed by atoms with Gasteiger partial charge in [-0.25, -0.2) is 0 Å². The summed E-state index contributed by atoms with van der Waals surface area (Å²) in [6.07, 6.45) is -0.262. The van der Waals surface area contributed by atoms with Gasteiger partial charge in [0.2, 0.25) is 0 Å². The van der Waals surface area contributed by atoms with Crippen molar-refractivity contribution < 1.29 is 19.1 Å². The Labute approximate surface area is 138 Å². The normalized spacial score (nSPS) is 13.7. The molecule has 4 nitrogen and oxygen atoms in total. The molecule has 2 N–H and O–H groups in total. The summed E-state index contributed by atoms with van der Waals surface area (Å²) in [6.45, 7) is 11.1. The lowest BCUT2D eigenvalue weighted by atomic mass is 10.1. The zero-order valence-electron chi connectivity index (χ0n) is 11.0. The molecule has 0 aliphatic carbocycles. The zero-order chi connectivity index (χ0) is 13.3. The smallest absolute Gasteiger partial charge is 0.341 e. The summed E-state index contributed by atoms with van der Waals surface area (Å²) < 4.78 is 15.5. The maximum Gasteiger partial charge on any atom is 0.341 e. The third-order valence-electron chi connectivity index (χ3n) is 2.45. The van der Waals surface area contributed by atoms with Crippen LogP contribution in [0.2, 0.25) is 0 Å². The summed E-state index contributed by atoms with van der Waals surface area (Å²) in [6, 6.07) is 0. The number of hydrogen-bond acceptors (Lipinski definition) is 4. The Morgan fingerprint density at radius 1 is 0.952 bits per heavy atom. The van der Waals surface area contributed by atoms with Crippen molar-refractivity contribution in [1.82, 2.24) is 0 Å². The molecule has 5 atom stereocenters. The Morgan fingerprint density at radius 2 is 1.29 bits per heavy atom. The molecule has 0 aromatic rings. The van der Waals surface area contributed by atoms with Crippen molar-refractivity contribution in [2.75, 3.05) is 6.66 Å². The zero-order valence-corrected chi connectivity index (χ0v) is 12.9. The minimum Gasteiger partial charge on any atom is -0.389 e. The van der Waals surface area contributed by atoms with Crippen molar-refractivity contribution in [3.05, 3.63) is 0 Å². The number of aliphatic hydroxyl groups is 1. The molecule has 0 aromatic carbocycles. The molecule has 0 aliphatic heterocycles. The fourth-order valence-corrected chi connectivity index (χ4v) is 1.57. The minimum atomic E-state index is -1.20. The quantitative estimate of drug-likeness (QED) is 0.601. The average Bonchev–Trinajstić information content (AvgIpc) is 2.17. The van der Waals surface area contributed by atoms with Gasteiger partial charge in [-0.2, -0.15) is 0 Å². The highest BCUT2D eigenvalue weighted by molar-refractivity contribution is 7.44. The Bertz CT molecular complexity index is 189. The topological polar surface area (TPSA) is 66.8 Å². The molecule has 0 saturated heterocycles.